The van der Waals surface area contributed by atoms with Gasteiger partial charge in [0.25, 0.3) is 11.9 Å². The van der Waals surface area contributed by atoms with Crippen LogP contribution in [0.2, 0.25) is 19.6 Å². The average Bonchev–Trinajstić information content (AvgIpc) is 3.60. The molecule has 0 saturated heterocycles. The Hall–Kier alpha value is -3.84. The molecule has 0 unspecified atom stereocenters. The fraction of sp³-hybridized carbons (Fsp3) is 0.308. The minimum absolute atomic E-state index is 0.0354. The van der Waals surface area contributed by atoms with E-state index in [-0.39, 0.29) is 29.2 Å². The number of rotatable bonds is 12. The number of carbonyl (C=O) groups is 1. The van der Waals surface area contributed by atoms with E-state index in [0.717, 1.165) is 17.4 Å². The van der Waals surface area contributed by atoms with Crippen LogP contribution in [-0.2, 0) is 6.54 Å². The van der Waals surface area contributed by atoms with Crippen molar-refractivity contribution in [2.75, 3.05) is 31.4 Å². The second-order valence-corrected chi connectivity index (χ2v) is 15.5. The molecule has 39 heavy (non-hydrogen) atoms. The molecule has 4 rings (SSSR count). The molecule has 0 atom stereocenters. The Bertz CT molecular complexity index is 1400. The van der Waals surface area contributed by atoms with Crippen molar-refractivity contribution in [3.8, 4) is 23.5 Å². The molecule has 0 fully saturated rings. The van der Waals surface area contributed by atoms with Gasteiger partial charge in [0.05, 0.1) is 33.1 Å². The lowest BCUT2D eigenvalue weighted by Crippen LogP contribution is -2.37. The number of hydrogen-bond donors (Lipinski definition) is 2. The van der Waals surface area contributed by atoms with Crippen LogP contribution in [0.25, 0.3) is 0 Å². The number of nitrogens with one attached hydrogen (secondary N) is 2. The van der Waals surface area contributed by atoms with Crippen molar-refractivity contribution in [1.29, 1.82) is 0 Å². The maximum absolute atomic E-state index is 13.0. The molecular weight excluding hydrogens is 584 g/mol. The average molecular weight is 616 g/mol. The van der Waals surface area contributed by atoms with Crippen LogP contribution in [0.4, 0.5) is 11.6 Å². The van der Waals surface area contributed by atoms with Gasteiger partial charge in [-0.25, -0.2) is 4.98 Å². The number of furan rings is 1. The molecule has 0 radical (unpaired) electrons. The highest BCUT2D eigenvalue weighted by molar-refractivity contribution is 9.10. The number of anilines is 2. The molecule has 206 valence electrons. The Labute approximate surface area is 236 Å². The van der Waals surface area contributed by atoms with Gasteiger partial charge in [0.1, 0.15) is 5.75 Å². The lowest BCUT2D eigenvalue weighted by Gasteiger charge is -2.18. The number of aryl methyl sites for hydroxylation is 1. The van der Waals surface area contributed by atoms with Crippen LogP contribution in [0.15, 0.2) is 57.9 Å². The van der Waals surface area contributed by atoms with Crippen LogP contribution in [-0.4, -0.2) is 54.3 Å². The Morgan fingerprint density at radius 3 is 2.49 bits per heavy atom. The van der Waals surface area contributed by atoms with E-state index in [1.807, 2.05) is 22.9 Å². The molecule has 2 N–H and O–H groups in total. The summed E-state index contributed by atoms with van der Waals surface area (Å²) in [5.41, 5.74) is 0.179. The van der Waals surface area contributed by atoms with E-state index in [1.165, 1.54) is 25.5 Å². The SMILES string of the molecule is COc1nc(NCCCn2ccnc2)nc(OC)c1NC(=O)c1ccc(Oc2cc([Si](C)(C)C)ccc2Br)o1. The Kier molecular flexibility index (Phi) is 8.92. The smallest absolute Gasteiger partial charge is 0.291 e. The fourth-order valence-electron chi connectivity index (χ4n) is 3.61. The molecule has 0 aliphatic carbocycles. The van der Waals surface area contributed by atoms with Gasteiger partial charge >= 0.3 is 0 Å². The second-order valence-electron chi connectivity index (χ2n) is 9.59. The third-order valence-electron chi connectivity index (χ3n) is 5.72. The number of aromatic nitrogens is 4. The van der Waals surface area contributed by atoms with Crippen molar-refractivity contribution in [3.05, 3.63) is 59.3 Å². The van der Waals surface area contributed by atoms with E-state index in [9.17, 15) is 4.79 Å². The molecule has 1 amide bonds. The number of methoxy groups -OCH3 is 2. The van der Waals surface area contributed by atoms with Crippen molar-refractivity contribution in [1.82, 2.24) is 19.5 Å². The molecule has 4 aromatic rings. The van der Waals surface area contributed by atoms with Crippen LogP contribution < -0.4 is 30.0 Å². The number of carbonyl (C=O) groups excluding carboxylic acids is 1. The predicted octanol–water partition coefficient (Wildman–Crippen LogP) is 5.14. The summed E-state index contributed by atoms with van der Waals surface area (Å²) in [5, 5.41) is 7.11. The largest absolute Gasteiger partial charge is 0.479 e. The third kappa shape index (κ3) is 7.18. The van der Waals surface area contributed by atoms with E-state index in [0.29, 0.717) is 18.2 Å². The summed E-state index contributed by atoms with van der Waals surface area (Å²) >= 11 is 3.52. The standard InChI is InChI=1S/C26H31BrN6O5Si/c1-35-24-22(25(36-2)32-26(31-24)29-11-6-13-33-14-12-28-16-33)30-23(34)19-9-10-21(37-19)38-20-15-17(39(3,4)5)7-8-18(20)27/h7-10,12,14-16H,6,11,13H2,1-5H3,(H,30,34)(H,29,31,32). The van der Waals surface area contributed by atoms with Crippen molar-refractivity contribution in [2.45, 2.75) is 32.6 Å². The van der Waals surface area contributed by atoms with E-state index in [1.54, 1.807) is 18.6 Å². The van der Waals surface area contributed by atoms with Gasteiger partial charge in [-0.2, -0.15) is 9.97 Å². The lowest BCUT2D eigenvalue weighted by molar-refractivity contribution is 0.0990. The highest BCUT2D eigenvalue weighted by atomic mass is 79.9. The third-order valence-corrected chi connectivity index (χ3v) is 8.41. The summed E-state index contributed by atoms with van der Waals surface area (Å²) in [5.74, 6) is 0.881. The van der Waals surface area contributed by atoms with Crippen molar-refractivity contribution in [2.24, 2.45) is 0 Å². The maximum atomic E-state index is 13.0. The molecule has 3 aromatic heterocycles. The molecule has 11 nitrogen and oxygen atoms in total. The van der Waals surface area contributed by atoms with Crippen molar-refractivity contribution >= 4 is 46.7 Å². The number of imidazole rings is 1. The van der Waals surface area contributed by atoms with Gasteiger partial charge in [0.2, 0.25) is 17.7 Å². The molecule has 3 heterocycles. The number of hydrogen-bond acceptors (Lipinski definition) is 9. The van der Waals surface area contributed by atoms with E-state index < -0.39 is 14.0 Å². The first-order valence-electron chi connectivity index (χ1n) is 12.3. The molecular formula is C26H31BrN6O5Si. The molecule has 0 spiro atoms. The highest BCUT2D eigenvalue weighted by Gasteiger charge is 2.22. The summed E-state index contributed by atoms with van der Waals surface area (Å²) in [6.45, 7) is 8.18. The minimum atomic E-state index is -1.54. The second kappa shape index (κ2) is 12.3. The topological polar surface area (TPSA) is 126 Å². The van der Waals surface area contributed by atoms with E-state index >= 15 is 0 Å². The number of ether oxygens (including phenoxy) is 3. The van der Waals surface area contributed by atoms with Crippen molar-refractivity contribution < 1.29 is 23.4 Å². The fourth-order valence-corrected chi connectivity index (χ4v) is 5.09. The molecule has 1 aromatic carbocycles. The molecule has 0 aliphatic heterocycles. The Morgan fingerprint density at radius 1 is 1.10 bits per heavy atom. The summed E-state index contributed by atoms with van der Waals surface area (Å²) in [7, 11) is 1.36. The van der Waals surface area contributed by atoms with Crippen LogP contribution in [0.5, 0.6) is 23.5 Å². The van der Waals surface area contributed by atoms with Crippen LogP contribution >= 0.6 is 15.9 Å². The zero-order valence-corrected chi connectivity index (χ0v) is 25.0. The van der Waals surface area contributed by atoms with Crippen LogP contribution in [0.3, 0.4) is 0 Å². The molecule has 13 heteroatoms. The summed E-state index contributed by atoms with van der Waals surface area (Å²) in [4.78, 5) is 25.8. The van der Waals surface area contributed by atoms with Gasteiger partial charge in [0.15, 0.2) is 11.4 Å². The molecule has 0 saturated carbocycles. The van der Waals surface area contributed by atoms with Gasteiger partial charge in [-0.15, -0.1) is 0 Å². The lowest BCUT2D eigenvalue weighted by atomic mass is 10.3. The first-order chi connectivity index (χ1) is 18.7. The van der Waals surface area contributed by atoms with Gasteiger partial charge < -0.3 is 33.8 Å². The van der Waals surface area contributed by atoms with Gasteiger partial charge in [-0.1, -0.05) is 30.9 Å². The van der Waals surface area contributed by atoms with Gasteiger partial charge in [0, 0.05) is 31.5 Å². The molecule has 0 bridgehead atoms. The quantitative estimate of drug-likeness (QED) is 0.165. The van der Waals surface area contributed by atoms with Crippen molar-refractivity contribution in [3.63, 3.8) is 0 Å². The zero-order valence-electron chi connectivity index (χ0n) is 22.4. The van der Waals surface area contributed by atoms with Gasteiger partial charge in [-0.05, 0) is 40.5 Å². The summed E-state index contributed by atoms with van der Waals surface area (Å²) < 4.78 is 25.2. The zero-order chi connectivity index (χ0) is 28.0. The normalized spacial score (nSPS) is 11.2. The number of halogens is 1. The first kappa shape index (κ1) is 28.2. The Balaban J connectivity index is 1.44. The minimum Gasteiger partial charge on any atom is -0.479 e. The summed E-state index contributed by atoms with van der Waals surface area (Å²) in [6, 6.07) is 9.16. The summed E-state index contributed by atoms with van der Waals surface area (Å²) in [6.07, 6.45) is 6.23. The number of nitrogens with zero attached hydrogens (tertiary/aromatic N) is 4. The number of amides is 1. The Morgan fingerprint density at radius 2 is 1.85 bits per heavy atom. The molecule has 0 aliphatic rings. The highest BCUT2D eigenvalue weighted by Crippen LogP contribution is 2.34. The van der Waals surface area contributed by atoms with Crippen LogP contribution in [0.1, 0.15) is 17.0 Å². The first-order valence-corrected chi connectivity index (χ1v) is 16.6. The maximum Gasteiger partial charge on any atom is 0.291 e. The van der Waals surface area contributed by atoms with Crippen LogP contribution in [0, 0.1) is 0 Å². The van der Waals surface area contributed by atoms with E-state index in [2.05, 4.69) is 67.2 Å². The predicted molar refractivity (Wildman–Crippen MR) is 154 cm³/mol. The monoisotopic (exact) mass is 614 g/mol. The van der Waals surface area contributed by atoms with E-state index in [4.69, 9.17) is 18.6 Å². The number of benzene rings is 1. The van der Waals surface area contributed by atoms with Gasteiger partial charge in [-0.3, -0.25) is 4.79 Å².